The third-order valence-corrected chi connectivity index (χ3v) is 4.66. The molecule has 0 aliphatic carbocycles. The summed E-state index contributed by atoms with van der Waals surface area (Å²) in [6, 6.07) is 16.1. The van der Waals surface area contributed by atoms with E-state index in [1.165, 1.54) is 44.1 Å². The summed E-state index contributed by atoms with van der Waals surface area (Å²) in [4.78, 5) is 0. The molecule has 0 aliphatic rings. The van der Waals surface area contributed by atoms with E-state index in [-0.39, 0.29) is 12.4 Å². The molecule has 0 saturated heterocycles. The number of benzene rings is 2. The summed E-state index contributed by atoms with van der Waals surface area (Å²) in [7, 11) is 0. The summed E-state index contributed by atoms with van der Waals surface area (Å²) >= 11 is 6.17. The van der Waals surface area contributed by atoms with Gasteiger partial charge in [-0.15, -0.1) is 12.4 Å². The molecule has 0 aliphatic heterocycles. The van der Waals surface area contributed by atoms with E-state index in [2.05, 4.69) is 24.4 Å². The van der Waals surface area contributed by atoms with Crippen LogP contribution in [0.25, 0.3) is 0 Å². The number of nitrogens with one attached hydrogen (secondary N) is 1. The van der Waals surface area contributed by atoms with Crippen molar-refractivity contribution in [2.24, 2.45) is 0 Å². The molecule has 0 unspecified atom stereocenters. The number of halogens is 2. The predicted molar refractivity (Wildman–Crippen MR) is 115 cm³/mol. The Kier molecular flexibility index (Phi) is 12.2. The first-order valence-corrected chi connectivity index (χ1v) is 9.83. The minimum Gasteiger partial charge on any atom is -0.489 e. The summed E-state index contributed by atoms with van der Waals surface area (Å²) in [5.41, 5.74) is 2.26. The van der Waals surface area contributed by atoms with Gasteiger partial charge < -0.3 is 10.1 Å². The fraction of sp³-hybridized carbons (Fsp3) is 0.455. The molecule has 0 bridgehead atoms. The summed E-state index contributed by atoms with van der Waals surface area (Å²) in [5, 5.41) is 4.28. The number of hydrogen-bond donors (Lipinski definition) is 1. The monoisotopic (exact) mass is 395 g/mol. The van der Waals surface area contributed by atoms with Gasteiger partial charge in [0.2, 0.25) is 0 Å². The molecule has 2 rings (SSSR count). The Morgan fingerprint density at radius 3 is 2.50 bits per heavy atom. The van der Waals surface area contributed by atoms with E-state index in [0.29, 0.717) is 6.61 Å². The highest BCUT2D eigenvalue weighted by Crippen LogP contribution is 2.19. The standard InChI is InChI=1S/C22H30ClNO.ClH/c1-2-3-4-5-6-9-15-24-17-19-11-10-13-21(16-19)25-18-20-12-7-8-14-22(20)23;/h7-8,10-14,16,24H,2-6,9,15,17-18H2,1H3;1H. The molecule has 2 aromatic carbocycles. The van der Waals surface area contributed by atoms with Gasteiger partial charge >= 0.3 is 0 Å². The van der Waals surface area contributed by atoms with Crippen molar-refractivity contribution in [1.82, 2.24) is 5.32 Å². The molecule has 4 heteroatoms. The predicted octanol–water partition coefficient (Wildman–Crippen LogP) is 6.79. The highest BCUT2D eigenvalue weighted by molar-refractivity contribution is 6.31. The maximum atomic E-state index is 6.17. The number of hydrogen-bond acceptors (Lipinski definition) is 2. The topological polar surface area (TPSA) is 21.3 Å². The molecule has 2 aromatic rings. The van der Waals surface area contributed by atoms with Crippen molar-refractivity contribution in [2.45, 2.75) is 58.6 Å². The normalized spacial score (nSPS) is 10.4. The van der Waals surface area contributed by atoms with Crippen molar-refractivity contribution in [1.29, 1.82) is 0 Å². The summed E-state index contributed by atoms with van der Waals surface area (Å²) in [5.74, 6) is 0.888. The minimum absolute atomic E-state index is 0. The van der Waals surface area contributed by atoms with Gasteiger partial charge in [-0.1, -0.05) is 81.0 Å². The molecular formula is C22H31Cl2NO. The van der Waals surface area contributed by atoms with Crippen LogP contribution in [0.15, 0.2) is 48.5 Å². The molecule has 0 fully saturated rings. The maximum absolute atomic E-state index is 6.17. The van der Waals surface area contributed by atoms with Gasteiger partial charge in [0, 0.05) is 17.1 Å². The lowest BCUT2D eigenvalue weighted by Gasteiger charge is -2.10. The van der Waals surface area contributed by atoms with Crippen molar-refractivity contribution in [3.63, 3.8) is 0 Å². The zero-order valence-electron chi connectivity index (χ0n) is 15.7. The fourth-order valence-corrected chi connectivity index (χ4v) is 2.98. The first-order chi connectivity index (χ1) is 12.3. The average Bonchev–Trinajstić information content (AvgIpc) is 2.64. The Labute approximate surface area is 169 Å². The van der Waals surface area contributed by atoms with Crippen LogP contribution in [-0.4, -0.2) is 6.54 Å². The zero-order valence-corrected chi connectivity index (χ0v) is 17.2. The zero-order chi connectivity index (χ0) is 17.7. The van der Waals surface area contributed by atoms with Crippen molar-refractivity contribution >= 4 is 24.0 Å². The van der Waals surface area contributed by atoms with E-state index in [9.17, 15) is 0 Å². The second-order valence-corrected chi connectivity index (χ2v) is 6.88. The molecule has 0 heterocycles. The Balaban J connectivity index is 0.00000338. The van der Waals surface area contributed by atoms with Crippen LogP contribution in [0.4, 0.5) is 0 Å². The van der Waals surface area contributed by atoms with Crippen molar-refractivity contribution in [3.8, 4) is 5.75 Å². The van der Waals surface area contributed by atoms with Crippen LogP contribution in [-0.2, 0) is 13.2 Å². The van der Waals surface area contributed by atoms with Gasteiger partial charge in [0.1, 0.15) is 12.4 Å². The molecule has 0 aromatic heterocycles. The lowest BCUT2D eigenvalue weighted by Crippen LogP contribution is -2.14. The first kappa shape index (κ1) is 22.8. The molecular weight excluding hydrogens is 365 g/mol. The van der Waals surface area contributed by atoms with Crippen molar-refractivity contribution < 1.29 is 4.74 Å². The van der Waals surface area contributed by atoms with Gasteiger partial charge in [0.15, 0.2) is 0 Å². The van der Waals surface area contributed by atoms with Crippen LogP contribution in [0.5, 0.6) is 5.75 Å². The van der Waals surface area contributed by atoms with Gasteiger partial charge in [0.25, 0.3) is 0 Å². The van der Waals surface area contributed by atoms with Gasteiger partial charge in [-0.25, -0.2) is 0 Å². The van der Waals surface area contributed by atoms with Gasteiger partial charge in [0.05, 0.1) is 0 Å². The van der Waals surface area contributed by atoms with Crippen LogP contribution in [0.2, 0.25) is 5.02 Å². The molecule has 0 saturated carbocycles. The van der Waals surface area contributed by atoms with E-state index in [4.69, 9.17) is 16.3 Å². The Morgan fingerprint density at radius 2 is 1.69 bits per heavy atom. The maximum Gasteiger partial charge on any atom is 0.120 e. The number of unbranched alkanes of at least 4 members (excludes halogenated alkanes) is 5. The quantitative estimate of drug-likeness (QED) is 0.399. The molecule has 0 spiro atoms. The Hall–Kier alpha value is -1.22. The summed E-state index contributed by atoms with van der Waals surface area (Å²) in [6.07, 6.45) is 8.00. The van der Waals surface area contributed by atoms with E-state index < -0.39 is 0 Å². The average molecular weight is 396 g/mol. The molecule has 26 heavy (non-hydrogen) atoms. The second kappa shape index (κ2) is 13.9. The van der Waals surface area contributed by atoms with Crippen LogP contribution < -0.4 is 10.1 Å². The van der Waals surface area contributed by atoms with Crippen molar-refractivity contribution in [2.75, 3.05) is 6.54 Å². The number of ether oxygens (including phenoxy) is 1. The molecule has 0 atom stereocenters. The molecule has 2 nitrogen and oxygen atoms in total. The lowest BCUT2D eigenvalue weighted by molar-refractivity contribution is 0.306. The third-order valence-electron chi connectivity index (χ3n) is 4.29. The van der Waals surface area contributed by atoms with Crippen LogP contribution in [0.1, 0.15) is 56.6 Å². The second-order valence-electron chi connectivity index (χ2n) is 6.47. The van der Waals surface area contributed by atoms with Crippen LogP contribution in [0, 0.1) is 0 Å². The summed E-state index contributed by atoms with van der Waals surface area (Å²) in [6.45, 7) is 4.72. The van der Waals surface area contributed by atoms with E-state index in [1.54, 1.807) is 0 Å². The fourth-order valence-electron chi connectivity index (χ4n) is 2.78. The first-order valence-electron chi connectivity index (χ1n) is 9.45. The highest BCUT2D eigenvalue weighted by atomic mass is 35.5. The summed E-state index contributed by atoms with van der Waals surface area (Å²) < 4.78 is 5.88. The largest absolute Gasteiger partial charge is 0.489 e. The lowest BCUT2D eigenvalue weighted by atomic mass is 10.1. The van der Waals surface area contributed by atoms with Crippen LogP contribution >= 0.6 is 24.0 Å². The van der Waals surface area contributed by atoms with Gasteiger partial charge in [-0.3, -0.25) is 0 Å². The SMILES string of the molecule is CCCCCCCCNCc1cccc(OCc2ccccc2Cl)c1.Cl. The third kappa shape index (κ3) is 8.93. The van der Waals surface area contributed by atoms with E-state index >= 15 is 0 Å². The van der Waals surface area contributed by atoms with Gasteiger partial charge in [-0.05, 0) is 36.7 Å². The van der Waals surface area contributed by atoms with E-state index in [1.807, 2.05) is 36.4 Å². The smallest absolute Gasteiger partial charge is 0.120 e. The molecule has 0 amide bonds. The van der Waals surface area contributed by atoms with E-state index in [0.717, 1.165) is 29.4 Å². The van der Waals surface area contributed by atoms with Crippen molar-refractivity contribution in [3.05, 3.63) is 64.7 Å². The Morgan fingerprint density at radius 1 is 0.923 bits per heavy atom. The van der Waals surface area contributed by atoms with Gasteiger partial charge in [-0.2, -0.15) is 0 Å². The molecule has 1 N–H and O–H groups in total. The Bertz CT molecular complexity index is 619. The van der Waals surface area contributed by atoms with Crippen LogP contribution in [0.3, 0.4) is 0 Å². The minimum atomic E-state index is 0. The highest BCUT2D eigenvalue weighted by Gasteiger charge is 2.01. The molecule has 0 radical (unpaired) electrons. The number of rotatable bonds is 12. The molecule has 144 valence electrons.